The molecule has 0 spiro atoms. The van der Waals surface area contributed by atoms with Gasteiger partial charge < -0.3 is 4.74 Å². The quantitative estimate of drug-likeness (QED) is 0.277. The van der Waals surface area contributed by atoms with Gasteiger partial charge in [0.15, 0.2) is 0 Å². The SMILES string of the molecule is COc1ccc(-n2nnnc2S/C(=C\C#N)c2ccc([N+](=O)[O-])cc2)cc1. The van der Waals surface area contributed by atoms with Gasteiger partial charge in [-0.3, -0.25) is 10.1 Å². The molecule has 0 saturated carbocycles. The topological polar surface area (TPSA) is 120 Å². The van der Waals surface area contributed by atoms with Crippen LogP contribution >= 0.6 is 11.8 Å². The van der Waals surface area contributed by atoms with E-state index in [9.17, 15) is 10.1 Å². The lowest BCUT2D eigenvalue weighted by Crippen LogP contribution is -1.99. The van der Waals surface area contributed by atoms with E-state index in [1.165, 1.54) is 34.7 Å². The fraction of sp³-hybridized carbons (Fsp3) is 0.0588. The highest BCUT2D eigenvalue weighted by molar-refractivity contribution is 8.08. The lowest BCUT2D eigenvalue weighted by atomic mass is 10.2. The van der Waals surface area contributed by atoms with Crippen LogP contribution < -0.4 is 4.74 Å². The summed E-state index contributed by atoms with van der Waals surface area (Å²) in [6.07, 6.45) is 1.35. The summed E-state index contributed by atoms with van der Waals surface area (Å²) in [7, 11) is 1.58. The van der Waals surface area contributed by atoms with Gasteiger partial charge in [0, 0.05) is 23.1 Å². The minimum atomic E-state index is -0.477. The first-order valence-electron chi connectivity index (χ1n) is 7.57. The zero-order chi connectivity index (χ0) is 19.2. The van der Waals surface area contributed by atoms with Crippen LogP contribution in [0.1, 0.15) is 5.56 Å². The lowest BCUT2D eigenvalue weighted by molar-refractivity contribution is -0.384. The Morgan fingerprint density at radius 3 is 2.56 bits per heavy atom. The summed E-state index contributed by atoms with van der Waals surface area (Å²) in [5.41, 5.74) is 1.35. The number of benzene rings is 2. The van der Waals surface area contributed by atoms with E-state index in [2.05, 4.69) is 15.5 Å². The van der Waals surface area contributed by atoms with Gasteiger partial charge in [-0.25, -0.2) is 0 Å². The fourth-order valence-corrected chi connectivity index (χ4v) is 3.07. The zero-order valence-electron chi connectivity index (χ0n) is 14.0. The Morgan fingerprint density at radius 1 is 1.26 bits per heavy atom. The molecule has 0 saturated heterocycles. The van der Waals surface area contributed by atoms with Crippen LogP contribution in [0.4, 0.5) is 5.69 Å². The Kier molecular flexibility index (Phi) is 5.44. The molecule has 9 nitrogen and oxygen atoms in total. The van der Waals surface area contributed by atoms with Gasteiger partial charge in [-0.15, -0.1) is 5.10 Å². The predicted octanol–water partition coefficient (Wildman–Crippen LogP) is 3.24. The highest BCUT2D eigenvalue weighted by atomic mass is 32.2. The summed E-state index contributed by atoms with van der Waals surface area (Å²) in [6.45, 7) is 0. The van der Waals surface area contributed by atoms with Gasteiger partial charge in [0.25, 0.3) is 5.69 Å². The third-order valence-corrected chi connectivity index (χ3v) is 4.53. The van der Waals surface area contributed by atoms with Crippen molar-refractivity contribution in [1.29, 1.82) is 5.26 Å². The van der Waals surface area contributed by atoms with Gasteiger partial charge in [0.1, 0.15) is 5.75 Å². The van der Waals surface area contributed by atoms with Crippen LogP contribution in [0.2, 0.25) is 0 Å². The van der Waals surface area contributed by atoms with Gasteiger partial charge in [-0.1, -0.05) is 0 Å². The first kappa shape index (κ1) is 18.1. The van der Waals surface area contributed by atoms with E-state index in [0.717, 1.165) is 5.69 Å². The number of hydrogen-bond donors (Lipinski definition) is 0. The summed E-state index contributed by atoms with van der Waals surface area (Å²) in [4.78, 5) is 10.9. The van der Waals surface area contributed by atoms with Crippen molar-refractivity contribution >= 4 is 22.4 Å². The molecule has 2 aromatic carbocycles. The maximum atomic E-state index is 10.8. The first-order valence-corrected chi connectivity index (χ1v) is 8.39. The number of hydrogen-bond acceptors (Lipinski definition) is 8. The van der Waals surface area contributed by atoms with Crippen LogP contribution in [-0.2, 0) is 0 Å². The van der Waals surface area contributed by atoms with Crippen LogP contribution in [0.5, 0.6) is 5.75 Å². The van der Waals surface area contributed by atoms with E-state index in [1.54, 1.807) is 43.5 Å². The molecule has 0 N–H and O–H groups in total. The van der Waals surface area contributed by atoms with Gasteiger partial charge in [0.2, 0.25) is 5.16 Å². The summed E-state index contributed by atoms with van der Waals surface area (Å²) in [5, 5.41) is 32.0. The molecule has 0 fully saturated rings. The molecular weight excluding hydrogens is 368 g/mol. The van der Waals surface area contributed by atoms with Crippen molar-refractivity contribution in [3.8, 4) is 17.5 Å². The zero-order valence-corrected chi connectivity index (χ0v) is 14.8. The smallest absolute Gasteiger partial charge is 0.269 e. The number of allylic oxidation sites excluding steroid dienone is 1. The minimum absolute atomic E-state index is 0.0249. The summed E-state index contributed by atoms with van der Waals surface area (Å²) in [5.74, 6) is 0.706. The highest BCUT2D eigenvalue weighted by Gasteiger charge is 2.14. The second kappa shape index (κ2) is 8.11. The van der Waals surface area contributed by atoms with E-state index in [4.69, 9.17) is 10.00 Å². The van der Waals surface area contributed by atoms with E-state index in [0.29, 0.717) is 21.4 Å². The number of rotatable bonds is 6. The second-order valence-electron chi connectivity index (χ2n) is 5.12. The van der Waals surface area contributed by atoms with Crippen molar-refractivity contribution in [2.45, 2.75) is 5.16 Å². The van der Waals surface area contributed by atoms with Crippen molar-refractivity contribution < 1.29 is 9.66 Å². The molecule has 1 heterocycles. The highest BCUT2D eigenvalue weighted by Crippen LogP contribution is 2.34. The number of aromatic nitrogens is 4. The van der Waals surface area contributed by atoms with Crippen LogP contribution in [0, 0.1) is 21.4 Å². The normalized spacial score (nSPS) is 11.0. The van der Waals surface area contributed by atoms with Crippen LogP contribution in [-0.4, -0.2) is 32.2 Å². The average molecular weight is 380 g/mol. The van der Waals surface area contributed by atoms with E-state index >= 15 is 0 Å². The van der Waals surface area contributed by atoms with Gasteiger partial charge in [-0.05, 0) is 64.2 Å². The average Bonchev–Trinajstić information content (AvgIpc) is 3.16. The van der Waals surface area contributed by atoms with E-state index in [-0.39, 0.29) is 5.69 Å². The van der Waals surface area contributed by atoms with Crippen molar-refractivity contribution in [3.63, 3.8) is 0 Å². The number of thioether (sulfide) groups is 1. The molecule has 0 radical (unpaired) electrons. The number of nitro benzene ring substituents is 1. The fourth-order valence-electron chi connectivity index (χ4n) is 2.20. The number of tetrazole rings is 1. The van der Waals surface area contributed by atoms with E-state index in [1.807, 2.05) is 6.07 Å². The van der Waals surface area contributed by atoms with Crippen molar-refractivity contribution in [3.05, 3.63) is 70.3 Å². The van der Waals surface area contributed by atoms with Crippen molar-refractivity contribution in [1.82, 2.24) is 20.2 Å². The molecule has 0 unspecified atom stereocenters. The molecule has 3 rings (SSSR count). The Morgan fingerprint density at radius 2 is 1.96 bits per heavy atom. The molecule has 0 atom stereocenters. The van der Waals surface area contributed by atoms with Crippen molar-refractivity contribution in [2.75, 3.05) is 7.11 Å². The van der Waals surface area contributed by atoms with Gasteiger partial charge in [-0.2, -0.15) is 9.94 Å². The predicted molar refractivity (Wildman–Crippen MR) is 98.2 cm³/mol. The maximum absolute atomic E-state index is 10.8. The molecule has 0 aliphatic heterocycles. The molecule has 27 heavy (non-hydrogen) atoms. The molecule has 1 aromatic heterocycles. The Balaban J connectivity index is 1.90. The number of non-ortho nitro benzene ring substituents is 1. The Hall–Kier alpha value is -3.71. The molecule has 0 bridgehead atoms. The van der Waals surface area contributed by atoms with Crippen LogP contribution in [0.3, 0.4) is 0 Å². The number of nitrogens with zero attached hydrogens (tertiary/aromatic N) is 6. The molecule has 134 valence electrons. The Bertz CT molecular complexity index is 1020. The van der Waals surface area contributed by atoms with Crippen LogP contribution in [0.15, 0.2) is 59.8 Å². The monoisotopic (exact) mass is 380 g/mol. The number of ether oxygens (including phenoxy) is 1. The Labute approximate surface area is 158 Å². The molecular formula is C17H12N6O3S. The number of nitro groups is 1. The van der Waals surface area contributed by atoms with Crippen molar-refractivity contribution in [2.24, 2.45) is 0 Å². The first-order chi connectivity index (χ1) is 13.1. The molecule has 3 aromatic rings. The maximum Gasteiger partial charge on any atom is 0.269 e. The van der Waals surface area contributed by atoms with E-state index < -0.39 is 4.92 Å². The third kappa shape index (κ3) is 4.10. The number of methoxy groups -OCH3 is 1. The van der Waals surface area contributed by atoms with Gasteiger partial charge in [0.05, 0.1) is 23.8 Å². The third-order valence-electron chi connectivity index (χ3n) is 3.52. The second-order valence-corrected chi connectivity index (χ2v) is 6.12. The molecule has 0 aliphatic rings. The van der Waals surface area contributed by atoms with Crippen LogP contribution in [0.25, 0.3) is 10.6 Å². The lowest BCUT2D eigenvalue weighted by Gasteiger charge is -2.07. The minimum Gasteiger partial charge on any atom is -0.497 e. The standard InChI is InChI=1S/C17H12N6O3S/c1-26-15-8-6-13(7-9-15)22-17(19-20-21-22)27-16(10-11-18)12-2-4-14(5-3-12)23(24)25/h2-10H,1H3/b16-10-. The molecule has 0 aliphatic carbocycles. The summed E-state index contributed by atoms with van der Waals surface area (Å²) in [6, 6.07) is 15.1. The summed E-state index contributed by atoms with van der Waals surface area (Å²) >= 11 is 1.18. The number of nitriles is 1. The molecule has 10 heteroatoms. The molecule has 0 amide bonds. The summed E-state index contributed by atoms with van der Waals surface area (Å²) < 4.78 is 6.67. The van der Waals surface area contributed by atoms with Gasteiger partial charge >= 0.3 is 0 Å². The largest absolute Gasteiger partial charge is 0.497 e.